The molecule has 0 saturated carbocycles. The van der Waals surface area contributed by atoms with Crippen LogP contribution in [0.3, 0.4) is 0 Å². The molecule has 5 nitrogen and oxygen atoms in total. The molecule has 2 aliphatic rings. The number of carbonyl (C=O) groups excluding carboxylic acids is 1. The van der Waals surface area contributed by atoms with E-state index in [1.54, 1.807) is 6.92 Å². The molecule has 22 heavy (non-hydrogen) atoms. The minimum Gasteiger partial charge on any atom is -0.361 e. The Balaban J connectivity index is 1.40. The summed E-state index contributed by atoms with van der Waals surface area (Å²) in [6, 6.07) is 2.72. The molecule has 0 bridgehead atoms. The van der Waals surface area contributed by atoms with Crippen molar-refractivity contribution in [2.75, 3.05) is 19.6 Å². The maximum atomic E-state index is 12.5. The number of aryl methyl sites for hydroxylation is 2. The highest BCUT2D eigenvalue weighted by Crippen LogP contribution is 2.28. The molecule has 0 atom stereocenters. The Labute approximate surface area is 133 Å². The van der Waals surface area contributed by atoms with Gasteiger partial charge in [-0.2, -0.15) is 0 Å². The maximum absolute atomic E-state index is 12.5. The molecule has 4 heterocycles. The van der Waals surface area contributed by atoms with Gasteiger partial charge in [0.2, 0.25) is 0 Å². The fourth-order valence-corrected chi connectivity index (χ4v) is 4.27. The first-order chi connectivity index (χ1) is 10.6. The molecule has 0 N–H and O–H groups in total. The number of hydrogen-bond donors (Lipinski definition) is 0. The van der Waals surface area contributed by atoms with Gasteiger partial charge in [-0.15, -0.1) is 11.3 Å². The first kappa shape index (κ1) is 14.0. The van der Waals surface area contributed by atoms with Gasteiger partial charge in [-0.3, -0.25) is 9.69 Å². The third-order valence-corrected chi connectivity index (χ3v) is 5.77. The summed E-state index contributed by atoms with van der Waals surface area (Å²) in [5, 5.41) is 6.06. The van der Waals surface area contributed by atoms with E-state index in [0.29, 0.717) is 23.1 Å². The van der Waals surface area contributed by atoms with Crippen LogP contribution in [0.15, 0.2) is 16.0 Å². The molecule has 0 radical (unpaired) electrons. The predicted molar refractivity (Wildman–Crippen MR) is 84.1 cm³/mol. The molecular formula is C16H19N3O2S. The summed E-state index contributed by atoms with van der Waals surface area (Å²) < 4.78 is 5.10. The van der Waals surface area contributed by atoms with Gasteiger partial charge >= 0.3 is 0 Å². The number of hydrogen-bond acceptors (Lipinski definition) is 5. The highest BCUT2D eigenvalue weighted by atomic mass is 32.1. The Morgan fingerprint density at radius 2 is 2.23 bits per heavy atom. The standard InChI is InChI=1S/C16H19N3O2S/c1-10-15(11(2)21-17-10)16(20)19-8-13(9-19)18-5-3-14-12(7-18)4-6-22-14/h4,6,13H,3,5,7-9H2,1-2H3. The fourth-order valence-electron chi connectivity index (χ4n) is 3.38. The Morgan fingerprint density at radius 1 is 1.41 bits per heavy atom. The average molecular weight is 317 g/mol. The minimum absolute atomic E-state index is 0.0562. The fraction of sp³-hybridized carbons (Fsp3) is 0.500. The Morgan fingerprint density at radius 3 is 2.95 bits per heavy atom. The maximum Gasteiger partial charge on any atom is 0.259 e. The minimum atomic E-state index is 0.0562. The molecule has 1 saturated heterocycles. The van der Waals surface area contributed by atoms with Crippen molar-refractivity contribution in [1.82, 2.24) is 15.0 Å². The SMILES string of the molecule is Cc1noc(C)c1C(=O)N1CC(N2CCc3sccc3C2)C1. The lowest BCUT2D eigenvalue weighted by molar-refractivity contribution is 0.0219. The van der Waals surface area contributed by atoms with Gasteiger partial charge in [0.25, 0.3) is 5.91 Å². The third-order valence-electron chi connectivity index (χ3n) is 4.75. The van der Waals surface area contributed by atoms with E-state index < -0.39 is 0 Å². The molecular weight excluding hydrogens is 298 g/mol. The van der Waals surface area contributed by atoms with Gasteiger partial charge in [0, 0.05) is 37.1 Å². The van der Waals surface area contributed by atoms with Crippen LogP contribution < -0.4 is 0 Å². The normalized spacial score (nSPS) is 19.1. The van der Waals surface area contributed by atoms with E-state index in [9.17, 15) is 4.79 Å². The topological polar surface area (TPSA) is 49.6 Å². The number of amides is 1. The van der Waals surface area contributed by atoms with Gasteiger partial charge in [-0.05, 0) is 37.3 Å². The number of likely N-dealkylation sites (tertiary alicyclic amines) is 1. The summed E-state index contributed by atoms with van der Waals surface area (Å²) in [4.78, 5) is 18.5. The summed E-state index contributed by atoms with van der Waals surface area (Å²) in [5.41, 5.74) is 2.79. The third kappa shape index (κ3) is 2.18. The van der Waals surface area contributed by atoms with E-state index in [1.165, 1.54) is 10.4 Å². The average Bonchev–Trinajstić information content (AvgIpc) is 3.03. The first-order valence-electron chi connectivity index (χ1n) is 7.65. The molecule has 1 amide bonds. The van der Waals surface area contributed by atoms with Crippen LogP contribution in [0, 0.1) is 13.8 Å². The molecule has 4 rings (SSSR count). The molecule has 2 aromatic heterocycles. The number of thiophene rings is 1. The van der Waals surface area contributed by atoms with Gasteiger partial charge < -0.3 is 9.42 Å². The summed E-state index contributed by atoms with van der Waals surface area (Å²) in [7, 11) is 0. The van der Waals surface area contributed by atoms with Gasteiger partial charge in [0.05, 0.1) is 5.69 Å². The van der Waals surface area contributed by atoms with Crippen LogP contribution in [-0.4, -0.2) is 46.5 Å². The lowest BCUT2D eigenvalue weighted by Gasteiger charge is -2.46. The molecule has 2 aromatic rings. The molecule has 0 aromatic carbocycles. The van der Waals surface area contributed by atoms with Crippen LogP contribution in [0.25, 0.3) is 0 Å². The largest absolute Gasteiger partial charge is 0.361 e. The first-order valence-corrected chi connectivity index (χ1v) is 8.53. The van der Waals surface area contributed by atoms with E-state index >= 15 is 0 Å². The summed E-state index contributed by atoms with van der Waals surface area (Å²) in [6.07, 6.45) is 1.14. The lowest BCUT2D eigenvalue weighted by Crippen LogP contribution is -2.61. The number of rotatable bonds is 2. The second kappa shape index (κ2) is 5.21. The monoisotopic (exact) mass is 317 g/mol. The zero-order valence-electron chi connectivity index (χ0n) is 12.8. The van der Waals surface area contributed by atoms with Gasteiger partial charge in [-0.1, -0.05) is 5.16 Å². The highest BCUT2D eigenvalue weighted by Gasteiger charge is 2.38. The summed E-state index contributed by atoms with van der Waals surface area (Å²) in [5.74, 6) is 0.674. The Hall–Kier alpha value is -1.66. The van der Waals surface area contributed by atoms with E-state index in [1.807, 2.05) is 23.2 Å². The molecule has 0 unspecified atom stereocenters. The van der Waals surface area contributed by atoms with Crippen LogP contribution in [0.1, 0.15) is 32.3 Å². The molecule has 6 heteroatoms. The predicted octanol–water partition coefficient (Wildman–Crippen LogP) is 2.24. The van der Waals surface area contributed by atoms with E-state index in [2.05, 4.69) is 21.5 Å². The zero-order valence-corrected chi connectivity index (χ0v) is 13.7. The second-order valence-electron chi connectivity index (χ2n) is 6.15. The van der Waals surface area contributed by atoms with E-state index in [4.69, 9.17) is 4.52 Å². The van der Waals surface area contributed by atoms with Gasteiger partial charge in [-0.25, -0.2) is 0 Å². The molecule has 1 fully saturated rings. The quantitative estimate of drug-likeness (QED) is 0.852. The van der Waals surface area contributed by atoms with Crippen molar-refractivity contribution in [2.45, 2.75) is 32.9 Å². The van der Waals surface area contributed by atoms with Crippen LogP contribution >= 0.6 is 11.3 Å². The number of carbonyl (C=O) groups is 1. The summed E-state index contributed by atoms with van der Waals surface area (Å²) in [6.45, 7) is 7.37. The van der Waals surface area contributed by atoms with Crippen molar-refractivity contribution in [1.29, 1.82) is 0 Å². The number of fused-ring (bicyclic) bond motifs is 1. The van der Waals surface area contributed by atoms with Crippen LogP contribution in [0.4, 0.5) is 0 Å². The highest BCUT2D eigenvalue weighted by molar-refractivity contribution is 7.10. The lowest BCUT2D eigenvalue weighted by atomic mass is 10.0. The molecule has 0 spiro atoms. The van der Waals surface area contributed by atoms with Crippen molar-refractivity contribution >= 4 is 17.2 Å². The van der Waals surface area contributed by atoms with Crippen molar-refractivity contribution < 1.29 is 9.32 Å². The van der Waals surface area contributed by atoms with Crippen LogP contribution in [0.2, 0.25) is 0 Å². The number of aromatic nitrogens is 1. The van der Waals surface area contributed by atoms with Crippen LogP contribution in [0.5, 0.6) is 0 Å². The van der Waals surface area contributed by atoms with Crippen molar-refractivity contribution in [2.24, 2.45) is 0 Å². The van der Waals surface area contributed by atoms with Gasteiger partial charge in [0.15, 0.2) is 0 Å². The molecule has 0 aliphatic carbocycles. The van der Waals surface area contributed by atoms with E-state index in [0.717, 1.165) is 32.6 Å². The van der Waals surface area contributed by atoms with E-state index in [-0.39, 0.29) is 5.91 Å². The van der Waals surface area contributed by atoms with Crippen molar-refractivity contribution in [3.63, 3.8) is 0 Å². The second-order valence-corrected chi connectivity index (χ2v) is 7.15. The van der Waals surface area contributed by atoms with Crippen LogP contribution in [-0.2, 0) is 13.0 Å². The zero-order chi connectivity index (χ0) is 15.3. The van der Waals surface area contributed by atoms with Crippen molar-refractivity contribution in [3.8, 4) is 0 Å². The molecule has 2 aliphatic heterocycles. The smallest absolute Gasteiger partial charge is 0.259 e. The number of nitrogens with zero attached hydrogens (tertiary/aromatic N) is 3. The summed E-state index contributed by atoms with van der Waals surface area (Å²) >= 11 is 1.86. The van der Waals surface area contributed by atoms with Crippen molar-refractivity contribution in [3.05, 3.63) is 38.9 Å². The Kier molecular flexibility index (Phi) is 3.31. The molecule has 116 valence electrons. The van der Waals surface area contributed by atoms with Gasteiger partial charge in [0.1, 0.15) is 11.3 Å². The Bertz CT molecular complexity index is 695.